The molecule has 21 heavy (non-hydrogen) atoms. The topological polar surface area (TPSA) is 83.7 Å². The van der Waals surface area contributed by atoms with E-state index in [0.29, 0.717) is 21.3 Å². The number of hydrogen-bond acceptors (Lipinski definition) is 6. The second kappa shape index (κ2) is 6.12. The Labute approximate surface area is 138 Å². The minimum absolute atomic E-state index is 0.189. The Balaban J connectivity index is 2.45. The summed E-state index contributed by atoms with van der Waals surface area (Å²) in [6.45, 7) is 2.29. The largest absolute Gasteiger partial charge is 0.501 e. The Hall–Kier alpha value is -1.45. The number of rotatable bonds is 3. The zero-order valence-electron chi connectivity index (χ0n) is 10.7. The van der Waals surface area contributed by atoms with Crippen LogP contribution in [-0.4, -0.2) is 31.7 Å². The third-order valence-electron chi connectivity index (χ3n) is 2.75. The first kappa shape index (κ1) is 15.9. The van der Waals surface area contributed by atoms with Crippen molar-refractivity contribution < 1.29 is 14.8 Å². The van der Waals surface area contributed by atoms with Gasteiger partial charge < -0.3 is 5.11 Å². The number of amides is 1. The second-order valence-corrected chi connectivity index (χ2v) is 6.58. The number of nitro groups is 1. The van der Waals surface area contributed by atoms with E-state index in [9.17, 15) is 20.0 Å². The van der Waals surface area contributed by atoms with E-state index in [-0.39, 0.29) is 10.4 Å². The molecule has 1 N–H and O–H groups in total. The van der Waals surface area contributed by atoms with Crippen LogP contribution in [0.2, 0.25) is 0 Å². The summed E-state index contributed by atoms with van der Waals surface area (Å²) in [6, 6.07) is 2.71. The standard InChI is InChI=1S/C12H9BrN2O4S2/c1-2-14-11(17)9(21-12(14)20)5-6-3-7(13)10(16)8(4-6)15(18)19/h3-5,16H,2H2,1H3/b9-5-. The van der Waals surface area contributed by atoms with Crippen LogP contribution in [0.5, 0.6) is 5.75 Å². The lowest BCUT2D eigenvalue weighted by Crippen LogP contribution is -2.27. The Morgan fingerprint density at radius 3 is 2.76 bits per heavy atom. The quantitative estimate of drug-likeness (QED) is 0.370. The monoisotopic (exact) mass is 388 g/mol. The van der Waals surface area contributed by atoms with Gasteiger partial charge in [-0.15, -0.1) is 0 Å². The van der Waals surface area contributed by atoms with Crippen LogP contribution in [0.4, 0.5) is 5.69 Å². The van der Waals surface area contributed by atoms with Crippen molar-refractivity contribution in [1.82, 2.24) is 4.90 Å². The molecular weight excluding hydrogens is 380 g/mol. The van der Waals surface area contributed by atoms with Crippen LogP contribution in [0.15, 0.2) is 21.5 Å². The summed E-state index contributed by atoms with van der Waals surface area (Å²) in [5, 5.41) is 20.5. The highest BCUT2D eigenvalue weighted by Crippen LogP contribution is 2.37. The zero-order valence-corrected chi connectivity index (χ0v) is 13.9. The first-order valence-corrected chi connectivity index (χ1v) is 7.79. The number of carbonyl (C=O) groups is 1. The number of carbonyl (C=O) groups excluding carboxylic acids is 1. The van der Waals surface area contributed by atoms with Crippen LogP contribution in [0.25, 0.3) is 6.08 Å². The van der Waals surface area contributed by atoms with Gasteiger partial charge in [-0.2, -0.15) is 0 Å². The number of nitrogens with zero attached hydrogens (tertiary/aromatic N) is 2. The number of thiocarbonyl (C=S) groups is 1. The molecule has 6 nitrogen and oxygen atoms in total. The maximum atomic E-state index is 12.1. The minimum Gasteiger partial charge on any atom is -0.501 e. The molecule has 0 radical (unpaired) electrons. The van der Waals surface area contributed by atoms with E-state index >= 15 is 0 Å². The number of halogens is 1. The van der Waals surface area contributed by atoms with Crippen molar-refractivity contribution in [2.75, 3.05) is 6.54 Å². The van der Waals surface area contributed by atoms with Crippen LogP contribution >= 0.6 is 39.9 Å². The third kappa shape index (κ3) is 3.09. The molecule has 1 fully saturated rings. The molecule has 1 aromatic carbocycles. The van der Waals surface area contributed by atoms with Gasteiger partial charge in [0.05, 0.1) is 14.3 Å². The number of phenolic OH excluding ortho intramolecular Hbond substituents is 1. The predicted octanol–water partition coefficient (Wildman–Crippen LogP) is 3.28. The first-order chi connectivity index (χ1) is 9.85. The number of likely N-dealkylation sites (N-methyl/N-ethyl adjacent to an activating group) is 1. The molecule has 1 aliphatic rings. The molecule has 1 aromatic rings. The maximum absolute atomic E-state index is 12.1. The van der Waals surface area contributed by atoms with Crippen molar-refractivity contribution in [2.24, 2.45) is 0 Å². The van der Waals surface area contributed by atoms with Gasteiger partial charge in [0.15, 0.2) is 0 Å². The normalized spacial score (nSPS) is 16.9. The van der Waals surface area contributed by atoms with Gasteiger partial charge in [-0.05, 0) is 40.6 Å². The smallest absolute Gasteiger partial charge is 0.312 e. The SMILES string of the molecule is CCN1C(=O)/C(=C/c2cc(Br)c(O)c([N+](=O)[O-])c2)SC1=S. The minimum atomic E-state index is -0.686. The molecule has 0 bridgehead atoms. The van der Waals surface area contributed by atoms with E-state index in [4.69, 9.17) is 12.2 Å². The highest BCUT2D eigenvalue weighted by Gasteiger charge is 2.30. The lowest BCUT2D eigenvalue weighted by atomic mass is 10.1. The number of aromatic hydroxyl groups is 1. The molecule has 1 heterocycles. The summed E-state index contributed by atoms with van der Waals surface area (Å²) in [5.41, 5.74) is 0.00423. The van der Waals surface area contributed by atoms with Gasteiger partial charge in [0.2, 0.25) is 5.75 Å². The van der Waals surface area contributed by atoms with Gasteiger partial charge >= 0.3 is 5.69 Å². The van der Waals surface area contributed by atoms with Gasteiger partial charge in [-0.25, -0.2) is 0 Å². The molecule has 0 unspecified atom stereocenters. The van der Waals surface area contributed by atoms with Gasteiger partial charge in [0.25, 0.3) is 5.91 Å². The average molecular weight is 389 g/mol. The molecule has 0 aromatic heterocycles. The molecule has 1 saturated heterocycles. The molecule has 1 amide bonds. The Morgan fingerprint density at radius 2 is 2.24 bits per heavy atom. The van der Waals surface area contributed by atoms with Crippen molar-refractivity contribution in [3.63, 3.8) is 0 Å². The summed E-state index contributed by atoms with van der Waals surface area (Å²) in [5.74, 6) is -0.669. The molecule has 2 rings (SSSR count). The van der Waals surface area contributed by atoms with Gasteiger partial charge in [-0.3, -0.25) is 19.8 Å². The van der Waals surface area contributed by atoms with Gasteiger partial charge in [-0.1, -0.05) is 24.0 Å². The summed E-state index contributed by atoms with van der Waals surface area (Å²) in [7, 11) is 0. The average Bonchev–Trinajstić information content (AvgIpc) is 2.67. The number of phenols is 1. The number of thioether (sulfide) groups is 1. The molecule has 0 spiro atoms. The van der Waals surface area contributed by atoms with E-state index < -0.39 is 16.4 Å². The molecule has 0 saturated carbocycles. The lowest BCUT2D eigenvalue weighted by molar-refractivity contribution is -0.386. The first-order valence-electron chi connectivity index (χ1n) is 5.77. The number of benzene rings is 1. The number of nitro benzene ring substituents is 1. The molecule has 0 aliphatic carbocycles. The highest BCUT2D eigenvalue weighted by atomic mass is 79.9. The van der Waals surface area contributed by atoms with Crippen molar-refractivity contribution in [3.05, 3.63) is 37.2 Å². The van der Waals surface area contributed by atoms with Gasteiger partial charge in [0.1, 0.15) is 4.32 Å². The van der Waals surface area contributed by atoms with Crippen molar-refractivity contribution in [3.8, 4) is 5.75 Å². The maximum Gasteiger partial charge on any atom is 0.312 e. The molecular formula is C12H9BrN2O4S2. The molecule has 9 heteroatoms. The van der Waals surface area contributed by atoms with Crippen LogP contribution in [0.1, 0.15) is 12.5 Å². The third-order valence-corrected chi connectivity index (χ3v) is 4.73. The van der Waals surface area contributed by atoms with Gasteiger partial charge in [0, 0.05) is 12.6 Å². The summed E-state index contributed by atoms with van der Waals surface area (Å²) < 4.78 is 0.648. The van der Waals surface area contributed by atoms with Crippen LogP contribution in [0, 0.1) is 10.1 Å². The second-order valence-electron chi connectivity index (χ2n) is 4.05. The fraction of sp³-hybridized carbons (Fsp3) is 0.167. The van der Waals surface area contributed by atoms with E-state index in [1.807, 2.05) is 6.92 Å². The van der Waals surface area contributed by atoms with Crippen molar-refractivity contribution in [2.45, 2.75) is 6.92 Å². The fourth-order valence-corrected chi connectivity index (χ4v) is 3.60. The van der Waals surface area contributed by atoms with Crippen molar-refractivity contribution >= 4 is 61.9 Å². The van der Waals surface area contributed by atoms with Crippen LogP contribution in [0.3, 0.4) is 0 Å². The predicted molar refractivity (Wildman–Crippen MR) is 88.0 cm³/mol. The van der Waals surface area contributed by atoms with Crippen LogP contribution < -0.4 is 0 Å². The fourth-order valence-electron chi connectivity index (χ4n) is 1.75. The molecule has 110 valence electrons. The lowest BCUT2D eigenvalue weighted by Gasteiger charge is -2.09. The Bertz CT molecular complexity index is 690. The van der Waals surface area contributed by atoms with Crippen LogP contribution in [-0.2, 0) is 4.79 Å². The highest BCUT2D eigenvalue weighted by molar-refractivity contribution is 9.10. The van der Waals surface area contributed by atoms with Crippen molar-refractivity contribution in [1.29, 1.82) is 0 Å². The van der Waals surface area contributed by atoms with E-state index in [2.05, 4.69) is 15.9 Å². The summed E-state index contributed by atoms with van der Waals surface area (Å²) >= 11 is 9.30. The Kier molecular flexibility index (Phi) is 4.64. The van der Waals surface area contributed by atoms with E-state index in [0.717, 1.165) is 11.8 Å². The summed E-state index contributed by atoms with van der Waals surface area (Å²) in [4.78, 5) is 24.1. The Morgan fingerprint density at radius 1 is 1.57 bits per heavy atom. The summed E-state index contributed by atoms with van der Waals surface area (Å²) in [6.07, 6.45) is 1.52. The zero-order chi connectivity index (χ0) is 15.7. The molecule has 0 atom stereocenters. The van der Waals surface area contributed by atoms with E-state index in [1.54, 1.807) is 0 Å². The molecule has 1 aliphatic heterocycles. The van der Waals surface area contributed by atoms with E-state index in [1.165, 1.54) is 23.1 Å². The number of hydrogen-bond donors (Lipinski definition) is 1.